The Morgan fingerprint density at radius 3 is 3.00 bits per heavy atom. The molecule has 0 bridgehead atoms. The molecule has 0 aromatic carbocycles. The third-order valence-electron chi connectivity index (χ3n) is 4.07. The Balaban J connectivity index is 1.72. The van der Waals surface area contributed by atoms with Crippen molar-refractivity contribution in [2.45, 2.75) is 52.2 Å². The summed E-state index contributed by atoms with van der Waals surface area (Å²) in [5.41, 5.74) is 0. The molecule has 0 amide bonds. The summed E-state index contributed by atoms with van der Waals surface area (Å²) in [4.78, 5) is 2.63. The molecule has 1 aromatic heterocycles. The standard InChI is InChI=1S/C15H26N2O/c1-12-6-7-17(13(2)9-12)14(3)10-16-11-15-5-4-8-18-15/h4-5,8,12-14,16H,6-7,9-11H2,1-3H3. The fourth-order valence-corrected chi connectivity index (χ4v) is 3.01. The highest BCUT2D eigenvalue weighted by Crippen LogP contribution is 2.23. The van der Waals surface area contributed by atoms with Crippen molar-refractivity contribution in [1.82, 2.24) is 10.2 Å². The van der Waals surface area contributed by atoms with Gasteiger partial charge in [0.2, 0.25) is 0 Å². The number of likely N-dealkylation sites (tertiary alicyclic amines) is 1. The van der Waals surface area contributed by atoms with Crippen LogP contribution in [0, 0.1) is 5.92 Å². The van der Waals surface area contributed by atoms with Crippen molar-refractivity contribution in [3.8, 4) is 0 Å². The van der Waals surface area contributed by atoms with E-state index in [1.54, 1.807) is 6.26 Å². The highest BCUT2D eigenvalue weighted by atomic mass is 16.3. The van der Waals surface area contributed by atoms with Gasteiger partial charge in [0.15, 0.2) is 0 Å². The summed E-state index contributed by atoms with van der Waals surface area (Å²) < 4.78 is 5.32. The van der Waals surface area contributed by atoms with E-state index in [2.05, 4.69) is 31.0 Å². The van der Waals surface area contributed by atoms with Crippen molar-refractivity contribution in [2.75, 3.05) is 13.1 Å². The molecule has 1 fully saturated rings. The first-order valence-corrected chi connectivity index (χ1v) is 7.15. The van der Waals surface area contributed by atoms with Gasteiger partial charge in [0, 0.05) is 18.6 Å². The van der Waals surface area contributed by atoms with Crippen molar-refractivity contribution in [2.24, 2.45) is 5.92 Å². The molecule has 0 aliphatic carbocycles. The molecule has 3 heteroatoms. The van der Waals surface area contributed by atoms with E-state index < -0.39 is 0 Å². The first-order valence-electron chi connectivity index (χ1n) is 7.15. The zero-order valence-corrected chi connectivity index (χ0v) is 11.9. The maximum Gasteiger partial charge on any atom is 0.117 e. The number of furan rings is 1. The van der Waals surface area contributed by atoms with Crippen LogP contribution in [0.25, 0.3) is 0 Å². The van der Waals surface area contributed by atoms with Crippen LogP contribution in [0.4, 0.5) is 0 Å². The number of hydrogen-bond acceptors (Lipinski definition) is 3. The highest BCUT2D eigenvalue weighted by molar-refractivity contribution is 4.97. The molecule has 1 aliphatic rings. The van der Waals surface area contributed by atoms with Crippen LogP contribution in [0.15, 0.2) is 22.8 Å². The van der Waals surface area contributed by atoms with E-state index in [4.69, 9.17) is 4.42 Å². The van der Waals surface area contributed by atoms with Gasteiger partial charge in [-0.15, -0.1) is 0 Å². The summed E-state index contributed by atoms with van der Waals surface area (Å²) in [5.74, 6) is 1.90. The van der Waals surface area contributed by atoms with E-state index in [0.717, 1.165) is 24.8 Å². The predicted molar refractivity (Wildman–Crippen MR) is 74.4 cm³/mol. The summed E-state index contributed by atoms with van der Waals surface area (Å²) in [5, 5.41) is 3.48. The molecule has 1 N–H and O–H groups in total. The van der Waals surface area contributed by atoms with Crippen molar-refractivity contribution in [1.29, 1.82) is 0 Å². The van der Waals surface area contributed by atoms with Crippen molar-refractivity contribution in [3.05, 3.63) is 24.2 Å². The van der Waals surface area contributed by atoms with Crippen LogP contribution in [-0.4, -0.2) is 30.1 Å². The smallest absolute Gasteiger partial charge is 0.117 e. The van der Waals surface area contributed by atoms with Gasteiger partial charge < -0.3 is 9.73 Å². The van der Waals surface area contributed by atoms with Gasteiger partial charge in [-0.05, 0) is 51.3 Å². The van der Waals surface area contributed by atoms with Gasteiger partial charge in [-0.2, -0.15) is 0 Å². The van der Waals surface area contributed by atoms with E-state index in [1.807, 2.05) is 12.1 Å². The molecule has 3 unspecified atom stereocenters. The van der Waals surface area contributed by atoms with Gasteiger partial charge in [0.25, 0.3) is 0 Å². The number of piperidine rings is 1. The van der Waals surface area contributed by atoms with Crippen LogP contribution in [0.3, 0.4) is 0 Å². The lowest BCUT2D eigenvalue weighted by Gasteiger charge is -2.40. The third-order valence-corrected chi connectivity index (χ3v) is 4.07. The van der Waals surface area contributed by atoms with E-state index in [0.29, 0.717) is 12.1 Å². The first-order chi connectivity index (χ1) is 8.66. The van der Waals surface area contributed by atoms with Gasteiger partial charge in [-0.1, -0.05) is 6.92 Å². The Morgan fingerprint density at radius 2 is 2.33 bits per heavy atom. The molecule has 0 spiro atoms. The van der Waals surface area contributed by atoms with Gasteiger partial charge in [-0.3, -0.25) is 4.90 Å². The molecule has 0 saturated carbocycles. The Hall–Kier alpha value is -0.800. The Morgan fingerprint density at radius 1 is 1.50 bits per heavy atom. The SMILES string of the molecule is CC1CCN(C(C)CNCc2ccco2)C(C)C1. The zero-order valence-electron chi connectivity index (χ0n) is 11.9. The number of hydrogen-bond donors (Lipinski definition) is 1. The lowest BCUT2D eigenvalue weighted by atomic mass is 9.92. The van der Waals surface area contributed by atoms with E-state index in [1.165, 1.54) is 19.4 Å². The molecule has 18 heavy (non-hydrogen) atoms. The average Bonchev–Trinajstić information content (AvgIpc) is 2.81. The van der Waals surface area contributed by atoms with Gasteiger partial charge in [0.05, 0.1) is 12.8 Å². The topological polar surface area (TPSA) is 28.4 Å². The minimum absolute atomic E-state index is 0.600. The second kappa shape index (κ2) is 6.39. The molecular formula is C15H26N2O. The normalized spacial score (nSPS) is 27.3. The van der Waals surface area contributed by atoms with Crippen LogP contribution < -0.4 is 5.32 Å². The summed E-state index contributed by atoms with van der Waals surface area (Å²) in [6.45, 7) is 10.1. The maximum atomic E-state index is 5.32. The van der Waals surface area contributed by atoms with Crippen LogP contribution in [0.1, 0.15) is 39.4 Å². The van der Waals surface area contributed by atoms with E-state index in [9.17, 15) is 0 Å². The van der Waals surface area contributed by atoms with Gasteiger partial charge in [0.1, 0.15) is 5.76 Å². The number of nitrogens with one attached hydrogen (secondary N) is 1. The molecule has 2 rings (SSSR count). The third kappa shape index (κ3) is 3.59. The molecule has 2 heterocycles. The summed E-state index contributed by atoms with van der Waals surface area (Å²) >= 11 is 0. The van der Waals surface area contributed by atoms with Gasteiger partial charge >= 0.3 is 0 Å². The van der Waals surface area contributed by atoms with Crippen LogP contribution in [0.2, 0.25) is 0 Å². The molecule has 102 valence electrons. The van der Waals surface area contributed by atoms with Crippen LogP contribution in [0.5, 0.6) is 0 Å². The predicted octanol–water partition coefficient (Wildman–Crippen LogP) is 2.88. The molecule has 3 nitrogen and oxygen atoms in total. The monoisotopic (exact) mass is 250 g/mol. The molecule has 3 atom stereocenters. The fourth-order valence-electron chi connectivity index (χ4n) is 3.01. The molecule has 1 saturated heterocycles. The average molecular weight is 250 g/mol. The van der Waals surface area contributed by atoms with E-state index >= 15 is 0 Å². The summed E-state index contributed by atoms with van der Waals surface area (Å²) in [7, 11) is 0. The molecular weight excluding hydrogens is 224 g/mol. The first kappa shape index (κ1) is 13.6. The quantitative estimate of drug-likeness (QED) is 0.871. The highest BCUT2D eigenvalue weighted by Gasteiger charge is 2.26. The van der Waals surface area contributed by atoms with Crippen molar-refractivity contribution < 1.29 is 4.42 Å². The lowest BCUT2D eigenvalue weighted by molar-refractivity contribution is 0.0886. The second-order valence-corrected chi connectivity index (χ2v) is 5.78. The van der Waals surface area contributed by atoms with Crippen LogP contribution >= 0.6 is 0 Å². The van der Waals surface area contributed by atoms with Crippen molar-refractivity contribution >= 4 is 0 Å². The summed E-state index contributed by atoms with van der Waals surface area (Å²) in [6, 6.07) is 5.27. The Bertz CT molecular complexity index is 336. The maximum absolute atomic E-state index is 5.32. The molecule has 1 aliphatic heterocycles. The second-order valence-electron chi connectivity index (χ2n) is 5.78. The van der Waals surface area contributed by atoms with Crippen molar-refractivity contribution in [3.63, 3.8) is 0 Å². The Kier molecular flexibility index (Phi) is 4.84. The number of rotatable bonds is 5. The lowest BCUT2D eigenvalue weighted by Crippen LogP contribution is -2.49. The number of nitrogens with zero attached hydrogens (tertiary/aromatic N) is 1. The molecule has 0 radical (unpaired) electrons. The summed E-state index contributed by atoms with van der Waals surface area (Å²) in [6.07, 6.45) is 4.41. The fraction of sp³-hybridized carbons (Fsp3) is 0.733. The van der Waals surface area contributed by atoms with Crippen LogP contribution in [-0.2, 0) is 6.54 Å². The molecule has 1 aromatic rings. The Labute approximate surface area is 111 Å². The minimum atomic E-state index is 0.600. The van der Waals surface area contributed by atoms with E-state index in [-0.39, 0.29) is 0 Å². The minimum Gasteiger partial charge on any atom is -0.468 e. The zero-order chi connectivity index (χ0) is 13.0. The van der Waals surface area contributed by atoms with Gasteiger partial charge in [-0.25, -0.2) is 0 Å². The largest absolute Gasteiger partial charge is 0.468 e.